The van der Waals surface area contributed by atoms with E-state index in [1.165, 1.54) is 13.8 Å². The van der Waals surface area contributed by atoms with E-state index in [4.69, 9.17) is 5.11 Å². The molecule has 1 fully saturated rings. The van der Waals surface area contributed by atoms with E-state index in [1.54, 1.807) is 13.8 Å². The van der Waals surface area contributed by atoms with Crippen molar-refractivity contribution < 1.29 is 18.3 Å². The fourth-order valence-electron chi connectivity index (χ4n) is 1.35. The van der Waals surface area contributed by atoms with Gasteiger partial charge in [-0.25, -0.2) is 12.7 Å². The van der Waals surface area contributed by atoms with E-state index in [-0.39, 0.29) is 13.2 Å². The van der Waals surface area contributed by atoms with Crippen LogP contribution in [0.3, 0.4) is 0 Å². The normalized spacial score (nSPS) is 23.8. The third-order valence-corrected chi connectivity index (χ3v) is 5.02. The third-order valence-electron chi connectivity index (χ3n) is 2.68. The van der Waals surface area contributed by atoms with E-state index in [0.717, 1.165) is 4.31 Å². The van der Waals surface area contributed by atoms with Crippen molar-refractivity contribution in [1.82, 2.24) is 4.31 Å². The van der Waals surface area contributed by atoms with Gasteiger partial charge in [-0.2, -0.15) is 0 Å². The largest absolute Gasteiger partial charge is 0.396 e. The average molecular weight is 235 g/mol. The molecule has 5 nitrogen and oxygen atoms in total. The molecule has 1 rings (SSSR count). The fourth-order valence-corrected chi connectivity index (χ4v) is 3.07. The molecule has 88 valence electrons. The maximum atomic E-state index is 11.7. The van der Waals surface area contributed by atoms with Crippen molar-refractivity contribution in [2.45, 2.75) is 32.4 Å². The molecule has 1 saturated heterocycles. The van der Waals surface area contributed by atoms with Crippen LogP contribution in [0.25, 0.3) is 0 Å². The molecule has 6 heteroatoms. The second-order valence-corrected chi connectivity index (χ2v) is 7.56. The van der Waals surface area contributed by atoms with Crippen LogP contribution >= 0.6 is 0 Å². The zero-order valence-electron chi connectivity index (χ0n) is 9.44. The minimum Gasteiger partial charge on any atom is -0.396 e. The Bertz CT molecular complexity index is 383. The molecular weight excluding hydrogens is 218 g/mol. The zero-order chi connectivity index (χ0) is 12.1. The maximum Gasteiger partial charge on any atom is 0.258 e. The second-order valence-electron chi connectivity index (χ2n) is 5.15. The molecule has 0 aliphatic carbocycles. The van der Waals surface area contributed by atoms with Gasteiger partial charge in [0.2, 0.25) is 0 Å². The van der Waals surface area contributed by atoms with Crippen LogP contribution in [0.1, 0.15) is 27.7 Å². The smallest absolute Gasteiger partial charge is 0.258 e. The highest BCUT2D eigenvalue weighted by Crippen LogP contribution is 2.36. The van der Waals surface area contributed by atoms with Crippen molar-refractivity contribution in [3.8, 4) is 0 Å². The molecule has 1 aliphatic heterocycles. The number of rotatable bonds is 3. The number of sulfonamides is 1. The van der Waals surface area contributed by atoms with Crippen molar-refractivity contribution in [3.05, 3.63) is 0 Å². The molecule has 1 heterocycles. The zero-order valence-corrected chi connectivity index (χ0v) is 10.3. The molecule has 0 aromatic carbocycles. The molecule has 0 spiro atoms. The van der Waals surface area contributed by atoms with Crippen molar-refractivity contribution >= 4 is 15.9 Å². The van der Waals surface area contributed by atoms with E-state index in [1.807, 2.05) is 0 Å². The summed E-state index contributed by atoms with van der Waals surface area (Å²) in [5.41, 5.74) is -0.598. The van der Waals surface area contributed by atoms with Crippen LogP contribution in [0.5, 0.6) is 0 Å². The Kier molecular flexibility index (Phi) is 2.64. The van der Waals surface area contributed by atoms with Crippen LogP contribution in [0, 0.1) is 5.41 Å². The van der Waals surface area contributed by atoms with E-state index in [9.17, 15) is 13.2 Å². The van der Waals surface area contributed by atoms with Crippen LogP contribution in [-0.4, -0.2) is 41.6 Å². The summed E-state index contributed by atoms with van der Waals surface area (Å²) in [6.45, 7) is 6.09. The molecule has 0 saturated carbocycles. The highest BCUT2D eigenvalue weighted by atomic mass is 32.2. The van der Waals surface area contributed by atoms with Gasteiger partial charge in [0.15, 0.2) is 4.75 Å². The van der Waals surface area contributed by atoms with Crippen molar-refractivity contribution in [2.24, 2.45) is 5.41 Å². The predicted octanol–water partition coefficient (Wildman–Crippen LogP) is -0.0445. The summed E-state index contributed by atoms with van der Waals surface area (Å²) in [5, 5.41) is 9.02. The van der Waals surface area contributed by atoms with Gasteiger partial charge in [-0.05, 0) is 13.8 Å². The lowest BCUT2D eigenvalue weighted by Gasteiger charge is -2.45. The molecule has 0 bridgehead atoms. The number of amides is 1. The topological polar surface area (TPSA) is 74.7 Å². The van der Waals surface area contributed by atoms with E-state index < -0.39 is 26.1 Å². The first-order valence-corrected chi connectivity index (χ1v) is 6.18. The van der Waals surface area contributed by atoms with E-state index >= 15 is 0 Å². The van der Waals surface area contributed by atoms with Crippen LogP contribution in [0.4, 0.5) is 0 Å². The first-order chi connectivity index (χ1) is 6.56. The summed E-state index contributed by atoms with van der Waals surface area (Å²) in [4.78, 5) is 11.6. The van der Waals surface area contributed by atoms with Gasteiger partial charge in [0.1, 0.15) is 0 Å². The Hall–Kier alpha value is -0.620. The van der Waals surface area contributed by atoms with Gasteiger partial charge in [0, 0.05) is 18.6 Å². The van der Waals surface area contributed by atoms with Gasteiger partial charge in [-0.3, -0.25) is 4.79 Å². The van der Waals surface area contributed by atoms with Gasteiger partial charge in [-0.15, -0.1) is 0 Å². The Morgan fingerprint density at radius 1 is 1.40 bits per heavy atom. The summed E-state index contributed by atoms with van der Waals surface area (Å²) in [7, 11) is -3.52. The van der Waals surface area contributed by atoms with Gasteiger partial charge < -0.3 is 5.11 Å². The average Bonchev–Trinajstić information content (AvgIpc) is 2.12. The molecule has 1 N–H and O–H groups in total. The number of carbonyl (C=O) groups excluding carboxylic acids is 1. The summed E-state index contributed by atoms with van der Waals surface area (Å²) < 4.78 is 22.9. The maximum absolute atomic E-state index is 11.7. The van der Waals surface area contributed by atoms with Gasteiger partial charge >= 0.3 is 0 Å². The monoisotopic (exact) mass is 235 g/mol. The molecule has 1 aliphatic rings. The lowest BCUT2D eigenvalue weighted by Crippen LogP contribution is -2.68. The number of hydrogen-bond donors (Lipinski definition) is 1. The quantitative estimate of drug-likeness (QED) is 0.744. The number of aliphatic hydroxyl groups excluding tert-OH is 1. The highest BCUT2D eigenvalue weighted by molar-refractivity contribution is 7.94. The standard InChI is InChI=1S/C9H17NO4S/c1-8(2,6-11)5-10-7(12)9(3,4)15(10,13)14/h11H,5-6H2,1-4H3. The first-order valence-electron chi connectivity index (χ1n) is 4.74. The summed E-state index contributed by atoms with van der Waals surface area (Å²) in [5.74, 6) is -0.399. The SMILES string of the molecule is CC(C)(CO)CN1C(=O)C(C)(C)S1(=O)=O. The van der Waals surface area contributed by atoms with Crippen LogP contribution < -0.4 is 0 Å². The summed E-state index contributed by atoms with van der Waals surface area (Å²) in [6, 6.07) is 0. The Morgan fingerprint density at radius 3 is 2.20 bits per heavy atom. The van der Waals surface area contributed by atoms with Gasteiger partial charge in [-0.1, -0.05) is 13.8 Å². The van der Waals surface area contributed by atoms with Crippen molar-refractivity contribution in [3.63, 3.8) is 0 Å². The van der Waals surface area contributed by atoms with E-state index in [0.29, 0.717) is 0 Å². The van der Waals surface area contributed by atoms with Crippen molar-refractivity contribution in [2.75, 3.05) is 13.2 Å². The number of hydrogen-bond acceptors (Lipinski definition) is 4. The van der Waals surface area contributed by atoms with E-state index in [2.05, 4.69) is 0 Å². The van der Waals surface area contributed by atoms with Crippen LogP contribution in [0.15, 0.2) is 0 Å². The molecule has 15 heavy (non-hydrogen) atoms. The Labute approximate surface area is 90.1 Å². The summed E-state index contributed by atoms with van der Waals surface area (Å²) in [6.07, 6.45) is 0. The molecule has 1 amide bonds. The minimum absolute atomic E-state index is 0.0358. The molecular formula is C9H17NO4S. The molecule has 0 radical (unpaired) electrons. The Balaban J connectivity index is 2.90. The lowest BCUT2D eigenvalue weighted by atomic mass is 9.94. The Morgan fingerprint density at radius 2 is 1.87 bits per heavy atom. The van der Waals surface area contributed by atoms with Gasteiger partial charge in [0.05, 0.1) is 0 Å². The number of aliphatic hydroxyl groups is 1. The van der Waals surface area contributed by atoms with Crippen LogP contribution in [0.2, 0.25) is 0 Å². The lowest BCUT2D eigenvalue weighted by molar-refractivity contribution is -0.133. The molecule has 0 atom stereocenters. The fraction of sp³-hybridized carbons (Fsp3) is 0.889. The molecule has 0 aromatic heterocycles. The number of nitrogens with zero attached hydrogens (tertiary/aromatic N) is 1. The predicted molar refractivity (Wildman–Crippen MR) is 55.6 cm³/mol. The second kappa shape index (κ2) is 3.18. The molecule has 0 aromatic rings. The minimum atomic E-state index is -3.52. The summed E-state index contributed by atoms with van der Waals surface area (Å²) >= 11 is 0. The van der Waals surface area contributed by atoms with Crippen LogP contribution in [-0.2, 0) is 14.8 Å². The number of carbonyl (C=O) groups is 1. The third kappa shape index (κ3) is 1.65. The highest BCUT2D eigenvalue weighted by Gasteiger charge is 2.60. The van der Waals surface area contributed by atoms with Crippen molar-refractivity contribution in [1.29, 1.82) is 0 Å². The molecule has 0 unspecified atom stereocenters. The van der Waals surface area contributed by atoms with Gasteiger partial charge in [0.25, 0.3) is 15.9 Å². The first kappa shape index (κ1) is 12.4.